The molecule has 0 spiro atoms. The summed E-state index contributed by atoms with van der Waals surface area (Å²) in [7, 11) is 0. The van der Waals surface area contributed by atoms with Gasteiger partial charge in [-0.05, 0) is 44.0 Å². The number of anilines is 2. The van der Waals surface area contributed by atoms with Gasteiger partial charge in [-0.1, -0.05) is 17.7 Å². The predicted octanol–water partition coefficient (Wildman–Crippen LogP) is 2.50. The third kappa shape index (κ3) is 6.05. The molecule has 0 bridgehead atoms. The summed E-state index contributed by atoms with van der Waals surface area (Å²) in [6.07, 6.45) is 1.69. The first-order chi connectivity index (χ1) is 14.0. The summed E-state index contributed by atoms with van der Waals surface area (Å²) in [4.78, 5) is 26.3. The van der Waals surface area contributed by atoms with Crippen molar-refractivity contribution in [1.29, 1.82) is 0 Å². The second-order valence-electron chi connectivity index (χ2n) is 6.76. The van der Waals surface area contributed by atoms with Gasteiger partial charge in [0.15, 0.2) is 17.6 Å². The maximum absolute atomic E-state index is 12.8. The Labute approximate surface area is 174 Å². The third-order valence-electron chi connectivity index (χ3n) is 4.58. The molecule has 0 radical (unpaired) electrons. The summed E-state index contributed by atoms with van der Waals surface area (Å²) in [5.41, 5.74) is 0.631. The van der Waals surface area contributed by atoms with Crippen molar-refractivity contribution in [3.05, 3.63) is 41.6 Å². The Bertz CT molecular complexity index is 846. The number of rotatable bonds is 7. The summed E-state index contributed by atoms with van der Waals surface area (Å²) < 4.78 is 5.48. The zero-order valence-electron chi connectivity index (χ0n) is 16.2. The van der Waals surface area contributed by atoms with Crippen molar-refractivity contribution < 1.29 is 14.3 Å². The van der Waals surface area contributed by atoms with E-state index in [1.165, 1.54) is 0 Å². The molecular weight excluding hydrogens is 394 g/mol. The Morgan fingerprint density at radius 3 is 2.90 bits per heavy atom. The average molecular weight is 418 g/mol. The lowest BCUT2D eigenvalue weighted by Crippen LogP contribution is -2.41. The summed E-state index contributed by atoms with van der Waals surface area (Å²) in [6.45, 7) is 3.72. The zero-order chi connectivity index (χ0) is 20.6. The van der Waals surface area contributed by atoms with E-state index in [9.17, 15) is 9.59 Å². The zero-order valence-corrected chi connectivity index (χ0v) is 17.0. The van der Waals surface area contributed by atoms with E-state index in [1.54, 1.807) is 30.3 Å². The Morgan fingerprint density at radius 1 is 1.28 bits per heavy atom. The number of aromatic nitrogens is 2. The van der Waals surface area contributed by atoms with Gasteiger partial charge in [-0.3, -0.25) is 9.59 Å². The number of hydrogen-bond acceptors (Lipinski definition) is 6. The number of ether oxygens (including phenoxy) is 1. The van der Waals surface area contributed by atoms with Gasteiger partial charge in [0.05, 0.1) is 5.92 Å². The van der Waals surface area contributed by atoms with Gasteiger partial charge in [-0.15, -0.1) is 10.2 Å². The molecule has 1 aromatic carbocycles. The van der Waals surface area contributed by atoms with Crippen LogP contribution in [0.2, 0.25) is 5.15 Å². The quantitative estimate of drug-likeness (QED) is 0.718. The molecule has 1 aliphatic rings. The fourth-order valence-electron chi connectivity index (χ4n) is 3.18. The van der Waals surface area contributed by atoms with Crippen LogP contribution < -0.4 is 20.3 Å². The van der Waals surface area contributed by atoms with Gasteiger partial charge in [-0.25, -0.2) is 0 Å². The largest absolute Gasteiger partial charge is 0.484 e. The molecule has 0 saturated carbocycles. The first-order valence-corrected chi connectivity index (χ1v) is 9.97. The van der Waals surface area contributed by atoms with Crippen LogP contribution in [0, 0.1) is 5.92 Å². The van der Waals surface area contributed by atoms with Gasteiger partial charge in [0.1, 0.15) is 5.75 Å². The minimum absolute atomic E-state index is 0.0579. The fraction of sp³-hybridized carbons (Fsp3) is 0.400. The average Bonchev–Trinajstić information content (AvgIpc) is 2.73. The van der Waals surface area contributed by atoms with Crippen molar-refractivity contribution in [3.63, 3.8) is 0 Å². The molecule has 1 aliphatic heterocycles. The smallest absolute Gasteiger partial charge is 0.257 e. The van der Waals surface area contributed by atoms with E-state index < -0.39 is 0 Å². The Balaban J connectivity index is 1.57. The van der Waals surface area contributed by atoms with Crippen LogP contribution in [0.25, 0.3) is 0 Å². The highest BCUT2D eigenvalue weighted by atomic mass is 35.5. The summed E-state index contributed by atoms with van der Waals surface area (Å²) in [6, 6.07) is 10.5. The molecule has 2 heterocycles. The van der Waals surface area contributed by atoms with Crippen molar-refractivity contribution in [2.45, 2.75) is 19.8 Å². The number of carbonyl (C=O) groups is 2. The topological polar surface area (TPSA) is 96.5 Å². The predicted molar refractivity (Wildman–Crippen MR) is 111 cm³/mol. The Hall–Kier alpha value is -2.87. The lowest BCUT2D eigenvalue weighted by molar-refractivity contribution is -0.123. The van der Waals surface area contributed by atoms with Gasteiger partial charge < -0.3 is 20.3 Å². The molecular formula is C20H24ClN5O3. The standard InChI is InChI=1S/C20H24ClN5O3/c1-2-22-19(27)13-29-16-7-3-6-15(11-16)23-20(28)14-5-4-10-26(12-14)18-9-8-17(21)24-25-18/h3,6-9,11,14H,2,4-5,10,12-13H2,1H3,(H,22,27)(H,23,28)/t14-/m0/s1. The number of likely N-dealkylation sites (N-methyl/N-ethyl adjacent to an activating group) is 1. The molecule has 9 heteroatoms. The summed E-state index contributed by atoms with van der Waals surface area (Å²) >= 11 is 5.80. The number of hydrogen-bond donors (Lipinski definition) is 2. The van der Waals surface area contributed by atoms with Crippen molar-refractivity contribution in [2.24, 2.45) is 5.92 Å². The Kier molecular flexibility index (Phi) is 7.24. The maximum atomic E-state index is 12.8. The molecule has 0 unspecified atom stereocenters. The molecule has 1 saturated heterocycles. The third-order valence-corrected chi connectivity index (χ3v) is 4.78. The van der Waals surface area contributed by atoms with Crippen LogP contribution in [0.4, 0.5) is 11.5 Å². The van der Waals surface area contributed by atoms with E-state index >= 15 is 0 Å². The van der Waals surface area contributed by atoms with Gasteiger partial charge in [0.2, 0.25) is 5.91 Å². The highest BCUT2D eigenvalue weighted by Gasteiger charge is 2.27. The number of nitrogens with zero attached hydrogens (tertiary/aromatic N) is 3. The number of piperidine rings is 1. The molecule has 8 nitrogen and oxygen atoms in total. The van der Waals surface area contributed by atoms with Crippen molar-refractivity contribution in [2.75, 3.05) is 36.5 Å². The van der Waals surface area contributed by atoms with Crippen LogP contribution in [0.15, 0.2) is 36.4 Å². The highest BCUT2D eigenvalue weighted by Crippen LogP contribution is 2.24. The number of nitrogens with one attached hydrogen (secondary N) is 2. The van der Waals surface area contributed by atoms with Crippen LogP contribution in [0.1, 0.15) is 19.8 Å². The SMILES string of the molecule is CCNC(=O)COc1cccc(NC(=O)[C@H]2CCCN(c3ccc(Cl)nn3)C2)c1. The summed E-state index contributed by atoms with van der Waals surface area (Å²) in [5, 5.41) is 13.9. The van der Waals surface area contributed by atoms with E-state index in [1.807, 2.05) is 17.9 Å². The first kappa shape index (κ1) is 20.9. The molecule has 154 valence electrons. The Morgan fingerprint density at radius 2 is 2.14 bits per heavy atom. The fourth-order valence-corrected chi connectivity index (χ4v) is 3.28. The molecule has 2 amide bonds. The van der Waals surface area contributed by atoms with E-state index in [0.717, 1.165) is 19.4 Å². The summed E-state index contributed by atoms with van der Waals surface area (Å²) in [5.74, 6) is 0.830. The lowest BCUT2D eigenvalue weighted by Gasteiger charge is -2.32. The molecule has 29 heavy (non-hydrogen) atoms. The number of carbonyl (C=O) groups excluding carboxylic acids is 2. The van der Waals surface area contributed by atoms with Gasteiger partial charge in [0, 0.05) is 31.4 Å². The maximum Gasteiger partial charge on any atom is 0.257 e. The molecule has 1 fully saturated rings. The monoisotopic (exact) mass is 417 g/mol. The normalized spacial score (nSPS) is 16.2. The number of amides is 2. The van der Waals surface area contributed by atoms with Gasteiger partial charge in [-0.2, -0.15) is 0 Å². The van der Waals surface area contributed by atoms with Gasteiger partial charge in [0.25, 0.3) is 5.91 Å². The first-order valence-electron chi connectivity index (χ1n) is 9.59. The second kappa shape index (κ2) is 10.1. The van der Waals surface area contributed by atoms with E-state index in [0.29, 0.717) is 35.5 Å². The van der Waals surface area contributed by atoms with Crippen LogP contribution in [0.3, 0.4) is 0 Å². The van der Waals surface area contributed by atoms with Crippen molar-refractivity contribution >= 4 is 34.9 Å². The lowest BCUT2D eigenvalue weighted by atomic mass is 9.97. The molecule has 2 N–H and O–H groups in total. The molecule has 1 aromatic heterocycles. The van der Waals surface area contributed by atoms with E-state index in [-0.39, 0.29) is 24.3 Å². The van der Waals surface area contributed by atoms with E-state index in [2.05, 4.69) is 20.8 Å². The number of benzene rings is 1. The van der Waals surface area contributed by atoms with Crippen LogP contribution in [-0.4, -0.2) is 48.3 Å². The van der Waals surface area contributed by atoms with Crippen molar-refractivity contribution in [3.8, 4) is 5.75 Å². The second-order valence-corrected chi connectivity index (χ2v) is 7.15. The molecule has 2 aromatic rings. The molecule has 0 aliphatic carbocycles. The van der Waals surface area contributed by atoms with Gasteiger partial charge >= 0.3 is 0 Å². The van der Waals surface area contributed by atoms with Crippen LogP contribution >= 0.6 is 11.6 Å². The van der Waals surface area contributed by atoms with Crippen LogP contribution in [0.5, 0.6) is 5.75 Å². The number of halogens is 1. The minimum atomic E-state index is -0.186. The van der Waals surface area contributed by atoms with Crippen molar-refractivity contribution in [1.82, 2.24) is 15.5 Å². The minimum Gasteiger partial charge on any atom is -0.484 e. The highest BCUT2D eigenvalue weighted by molar-refractivity contribution is 6.29. The van der Waals surface area contributed by atoms with E-state index in [4.69, 9.17) is 16.3 Å². The molecule has 3 rings (SSSR count). The van der Waals surface area contributed by atoms with Crippen LogP contribution in [-0.2, 0) is 9.59 Å². The molecule has 1 atom stereocenters.